The molecule has 1 aliphatic carbocycles. The zero-order chi connectivity index (χ0) is 13.0. The molecule has 0 saturated heterocycles. The summed E-state index contributed by atoms with van der Waals surface area (Å²) in [6, 6.07) is 5.84. The average Bonchev–Trinajstić information content (AvgIpc) is 2.37. The molecule has 18 heavy (non-hydrogen) atoms. The van der Waals surface area contributed by atoms with Gasteiger partial charge in [0.15, 0.2) is 0 Å². The molecule has 2 nitrogen and oxygen atoms in total. The van der Waals surface area contributed by atoms with Gasteiger partial charge in [0.05, 0.1) is 5.56 Å². The van der Waals surface area contributed by atoms with Crippen molar-refractivity contribution in [3.05, 3.63) is 33.8 Å². The first kappa shape index (κ1) is 13.6. The largest absolute Gasteiger partial charge is 0.352 e. The molecule has 1 N–H and O–H groups in total. The number of rotatable bonds is 3. The number of carbonyl (C=O) groups is 1. The van der Waals surface area contributed by atoms with Crippen LogP contribution in [-0.4, -0.2) is 12.5 Å². The van der Waals surface area contributed by atoms with Gasteiger partial charge in [0, 0.05) is 11.0 Å². The molecule has 1 fully saturated rings. The Morgan fingerprint density at radius 2 is 2.06 bits per heavy atom. The van der Waals surface area contributed by atoms with Gasteiger partial charge in [-0.3, -0.25) is 4.79 Å². The zero-order valence-corrected chi connectivity index (χ0v) is 12.4. The number of amides is 1. The van der Waals surface area contributed by atoms with Crippen molar-refractivity contribution in [3.8, 4) is 0 Å². The van der Waals surface area contributed by atoms with Crippen molar-refractivity contribution in [1.82, 2.24) is 5.32 Å². The highest BCUT2D eigenvalue weighted by molar-refractivity contribution is 9.10. The summed E-state index contributed by atoms with van der Waals surface area (Å²) in [5, 5.41) is 3.06. The molecular weight excluding hydrogens is 290 g/mol. The fourth-order valence-corrected chi connectivity index (χ4v) is 3.20. The van der Waals surface area contributed by atoms with E-state index >= 15 is 0 Å². The maximum absolute atomic E-state index is 12.1. The minimum Gasteiger partial charge on any atom is -0.352 e. The first-order valence-electron chi connectivity index (χ1n) is 6.71. The van der Waals surface area contributed by atoms with Crippen molar-refractivity contribution < 1.29 is 4.79 Å². The lowest BCUT2D eigenvalue weighted by Gasteiger charge is -2.21. The molecule has 2 rings (SSSR count). The van der Waals surface area contributed by atoms with E-state index in [1.54, 1.807) is 0 Å². The van der Waals surface area contributed by atoms with Crippen LogP contribution in [0.4, 0.5) is 0 Å². The summed E-state index contributed by atoms with van der Waals surface area (Å²) >= 11 is 3.45. The molecule has 0 atom stereocenters. The van der Waals surface area contributed by atoms with Crippen LogP contribution in [0.3, 0.4) is 0 Å². The molecule has 1 aromatic rings. The van der Waals surface area contributed by atoms with E-state index in [9.17, 15) is 4.79 Å². The lowest BCUT2D eigenvalue weighted by atomic mass is 9.89. The van der Waals surface area contributed by atoms with Gasteiger partial charge in [-0.1, -0.05) is 25.3 Å². The summed E-state index contributed by atoms with van der Waals surface area (Å²) in [6.07, 6.45) is 6.50. The van der Waals surface area contributed by atoms with E-state index in [0.29, 0.717) is 5.92 Å². The van der Waals surface area contributed by atoms with Gasteiger partial charge in [0.1, 0.15) is 0 Å². The molecule has 0 unspecified atom stereocenters. The molecular formula is C15H20BrNO. The Morgan fingerprint density at radius 1 is 1.33 bits per heavy atom. The third-order valence-corrected chi connectivity index (χ3v) is 4.30. The van der Waals surface area contributed by atoms with Gasteiger partial charge in [-0.25, -0.2) is 0 Å². The van der Waals surface area contributed by atoms with Crippen molar-refractivity contribution in [2.45, 2.75) is 39.0 Å². The predicted octanol–water partition coefficient (Wildman–Crippen LogP) is 4.07. The predicted molar refractivity (Wildman–Crippen MR) is 77.8 cm³/mol. The van der Waals surface area contributed by atoms with Crippen molar-refractivity contribution >= 4 is 21.8 Å². The number of carbonyl (C=O) groups excluding carboxylic acids is 1. The number of hydrogen-bond acceptors (Lipinski definition) is 1. The Morgan fingerprint density at radius 3 is 2.72 bits per heavy atom. The van der Waals surface area contributed by atoms with Gasteiger partial charge in [-0.15, -0.1) is 0 Å². The maximum atomic E-state index is 12.1. The quantitative estimate of drug-likeness (QED) is 0.896. The Labute approximate surface area is 117 Å². The van der Waals surface area contributed by atoms with Crippen molar-refractivity contribution in [1.29, 1.82) is 0 Å². The van der Waals surface area contributed by atoms with Crippen LogP contribution in [0.25, 0.3) is 0 Å². The number of nitrogens with one attached hydrogen (secondary N) is 1. The van der Waals surface area contributed by atoms with E-state index in [1.807, 2.05) is 25.1 Å². The molecule has 0 spiro atoms. The van der Waals surface area contributed by atoms with E-state index in [4.69, 9.17) is 0 Å². The van der Waals surface area contributed by atoms with Gasteiger partial charge in [0.25, 0.3) is 5.91 Å². The minimum atomic E-state index is 0.0347. The molecule has 0 heterocycles. The van der Waals surface area contributed by atoms with Crippen LogP contribution in [0.1, 0.15) is 48.0 Å². The second-order valence-corrected chi connectivity index (χ2v) is 6.05. The standard InChI is InChI=1S/C15H20BrNO/c1-11-7-8-13(14(16)9-11)15(18)17-10-12-5-3-2-4-6-12/h7-9,12H,2-6,10H2,1H3,(H,17,18). The molecule has 1 aliphatic rings. The van der Waals surface area contributed by atoms with E-state index in [2.05, 4.69) is 21.2 Å². The Balaban J connectivity index is 1.90. The fourth-order valence-electron chi connectivity index (χ4n) is 2.53. The molecule has 1 amide bonds. The zero-order valence-electron chi connectivity index (χ0n) is 10.8. The van der Waals surface area contributed by atoms with E-state index in [-0.39, 0.29) is 5.91 Å². The van der Waals surface area contributed by atoms with E-state index in [1.165, 1.54) is 32.1 Å². The van der Waals surface area contributed by atoms with Crippen LogP contribution in [0.2, 0.25) is 0 Å². The van der Waals surface area contributed by atoms with Crippen LogP contribution in [0, 0.1) is 12.8 Å². The highest BCUT2D eigenvalue weighted by atomic mass is 79.9. The molecule has 3 heteroatoms. The monoisotopic (exact) mass is 309 g/mol. The van der Waals surface area contributed by atoms with Crippen LogP contribution in [0.15, 0.2) is 22.7 Å². The molecule has 0 bridgehead atoms. The van der Waals surface area contributed by atoms with Crippen molar-refractivity contribution in [2.75, 3.05) is 6.54 Å². The lowest BCUT2D eigenvalue weighted by Crippen LogP contribution is -2.30. The summed E-state index contributed by atoms with van der Waals surface area (Å²) in [5.74, 6) is 0.708. The molecule has 0 aromatic heterocycles. The van der Waals surface area contributed by atoms with Gasteiger partial charge < -0.3 is 5.32 Å². The minimum absolute atomic E-state index is 0.0347. The Bertz CT molecular complexity index is 425. The van der Waals surface area contributed by atoms with Crippen LogP contribution in [-0.2, 0) is 0 Å². The lowest BCUT2D eigenvalue weighted by molar-refractivity contribution is 0.0943. The van der Waals surface area contributed by atoms with Crippen LogP contribution >= 0.6 is 15.9 Å². The SMILES string of the molecule is Cc1ccc(C(=O)NCC2CCCCC2)c(Br)c1. The molecule has 0 aliphatic heterocycles. The van der Waals surface area contributed by atoms with E-state index in [0.717, 1.165) is 22.1 Å². The second kappa shape index (κ2) is 6.37. The number of hydrogen-bond donors (Lipinski definition) is 1. The number of aryl methyl sites for hydroxylation is 1. The summed E-state index contributed by atoms with van der Waals surface area (Å²) in [6.45, 7) is 2.84. The summed E-state index contributed by atoms with van der Waals surface area (Å²) in [5.41, 5.74) is 1.89. The molecule has 0 radical (unpaired) electrons. The third-order valence-electron chi connectivity index (χ3n) is 3.65. The number of benzene rings is 1. The van der Waals surface area contributed by atoms with Crippen molar-refractivity contribution in [3.63, 3.8) is 0 Å². The highest BCUT2D eigenvalue weighted by Crippen LogP contribution is 2.23. The van der Waals surface area contributed by atoms with Gasteiger partial charge in [0.2, 0.25) is 0 Å². The topological polar surface area (TPSA) is 29.1 Å². The Kier molecular flexibility index (Phi) is 4.81. The normalized spacial score (nSPS) is 16.6. The molecule has 1 saturated carbocycles. The van der Waals surface area contributed by atoms with Crippen LogP contribution < -0.4 is 5.32 Å². The van der Waals surface area contributed by atoms with Crippen LogP contribution in [0.5, 0.6) is 0 Å². The average molecular weight is 310 g/mol. The summed E-state index contributed by atoms with van der Waals surface area (Å²) in [7, 11) is 0. The Hall–Kier alpha value is -0.830. The smallest absolute Gasteiger partial charge is 0.252 e. The van der Waals surface area contributed by atoms with Gasteiger partial charge in [-0.2, -0.15) is 0 Å². The summed E-state index contributed by atoms with van der Waals surface area (Å²) in [4.78, 5) is 12.1. The third kappa shape index (κ3) is 3.58. The summed E-state index contributed by atoms with van der Waals surface area (Å²) < 4.78 is 0.878. The first-order chi connectivity index (χ1) is 8.66. The first-order valence-corrected chi connectivity index (χ1v) is 7.50. The van der Waals surface area contributed by atoms with Crippen molar-refractivity contribution in [2.24, 2.45) is 5.92 Å². The van der Waals surface area contributed by atoms with E-state index < -0.39 is 0 Å². The molecule has 98 valence electrons. The van der Waals surface area contributed by atoms with Gasteiger partial charge >= 0.3 is 0 Å². The fraction of sp³-hybridized carbons (Fsp3) is 0.533. The molecule has 1 aromatic carbocycles. The maximum Gasteiger partial charge on any atom is 0.252 e. The van der Waals surface area contributed by atoms with Gasteiger partial charge in [-0.05, 0) is 59.3 Å². The second-order valence-electron chi connectivity index (χ2n) is 5.20. The number of halogens is 1. The highest BCUT2D eigenvalue weighted by Gasteiger charge is 2.15.